The normalized spacial score (nSPS) is 9.81. The molecule has 0 aliphatic rings. The summed E-state index contributed by atoms with van der Waals surface area (Å²) in [6.07, 6.45) is 1.58. The lowest BCUT2D eigenvalue weighted by atomic mass is 10.4. The van der Waals surface area contributed by atoms with Gasteiger partial charge < -0.3 is 15.0 Å². The smallest absolute Gasteiger partial charge is 0.349 e. The number of aromatic nitrogens is 1. The predicted octanol–water partition coefficient (Wildman–Crippen LogP) is 2.12. The number of amides is 1. The topological polar surface area (TPSA) is 71.3 Å². The molecule has 0 fully saturated rings. The summed E-state index contributed by atoms with van der Waals surface area (Å²) in [5.74, 6) is -1.23. The summed E-state index contributed by atoms with van der Waals surface area (Å²) in [5.41, 5.74) is 0. The summed E-state index contributed by atoms with van der Waals surface area (Å²) < 4.78 is 1.92. The van der Waals surface area contributed by atoms with Gasteiger partial charge in [-0.25, -0.2) is 4.79 Å². The molecule has 16 heavy (non-hydrogen) atoms. The Balaban J connectivity index is 3.35. The van der Waals surface area contributed by atoms with Crippen LogP contribution in [0.1, 0.15) is 16.6 Å². The van der Waals surface area contributed by atoms with Crippen LogP contribution in [0.3, 0.4) is 0 Å². The number of aromatic carboxylic acids is 1. The first-order chi connectivity index (χ1) is 7.47. The number of carbonyl (C=O) groups is 2. The fourth-order valence-corrected chi connectivity index (χ4v) is 2.35. The highest BCUT2D eigenvalue weighted by Crippen LogP contribution is 2.25. The lowest BCUT2D eigenvalue weighted by molar-refractivity contribution is -0.114. The number of anilines is 1. The molecule has 7 heteroatoms. The standard InChI is InChI=1S/C9H10N2O3S2/c1-3-4-11-7(10-5(2)12)6(8(13)14)16-9(11)15/h3H,1,4H2,2H3,(H,10,12)(H,13,14). The van der Waals surface area contributed by atoms with Crippen LogP contribution in [0.15, 0.2) is 12.7 Å². The minimum Gasteiger partial charge on any atom is -0.477 e. The molecule has 1 aromatic heterocycles. The van der Waals surface area contributed by atoms with Crippen molar-refractivity contribution in [3.05, 3.63) is 21.5 Å². The third-order valence-corrected chi connectivity index (χ3v) is 3.13. The van der Waals surface area contributed by atoms with Gasteiger partial charge in [-0.05, 0) is 12.2 Å². The van der Waals surface area contributed by atoms with E-state index in [9.17, 15) is 9.59 Å². The lowest BCUT2D eigenvalue weighted by Gasteiger charge is -2.06. The molecule has 0 aromatic carbocycles. The zero-order chi connectivity index (χ0) is 12.3. The van der Waals surface area contributed by atoms with Crippen LogP contribution in [0.25, 0.3) is 0 Å². The van der Waals surface area contributed by atoms with Crippen molar-refractivity contribution in [2.24, 2.45) is 0 Å². The summed E-state index contributed by atoms with van der Waals surface area (Å²) in [7, 11) is 0. The van der Waals surface area contributed by atoms with E-state index in [1.807, 2.05) is 0 Å². The molecular weight excluding hydrogens is 248 g/mol. The van der Waals surface area contributed by atoms with Crippen LogP contribution < -0.4 is 5.32 Å². The molecule has 0 saturated carbocycles. The zero-order valence-electron chi connectivity index (χ0n) is 8.52. The van der Waals surface area contributed by atoms with Gasteiger partial charge in [0.2, 0.25) is 5.91 Å². The third-order valence-electron chi connectivity index (χ3n) is 1.70. The number of hydrogen-bond acceptors (Lipinski definition) is 4. The lowest BCUT2D eigenvalue weighted by Crippen LogP contribution is -2.13. The van der Waals surface area contributed by atoms with Gasteiger partial charge in [0.05, 0.1) is 0 Å². The minimum absolute atomic E-state index is 0.0297. The van der Waals surface area contributed by atoms with E-state index < -0.39 is 5.97 Å². The van der Waals surface area contributed by atoms with Gasteiger partial charge >= 0.3 is 5.97 Å². The Kier molecular flexibility index (Phi) is 3.97. The highest BCUT2D eigenvalue weighted by molar-refractivity contribution is 7.73. The maximum absolute atomic E-state index is 11.0. The summed E-state index contributed by atoms with van der Waals surface area (Å²) in [6, 6.07) is 0. The molecule has 0 radical (unpaired) electrons. The van der Waals surface area contributed by atoms with Crippen molar-refractivity contribution < 1.29 is 14.7 Å². The summed E-state index contributed by atoms with van der Waals surface area (Å²) in [4.78, 5) is 22.0. The van der Waals surface area contributed by atoms with Crippen LogP contribution in [0.4, 0.5) is 5.82 Å². The van der Waals surface area contributed by atoms with E-state index in [2.05, 4.69) is 11.9 Å². The molecule has 0 spiro atoms. The second-order valence-corrected chi connectivity index (χ2v) is 4.58. The largest absolute Gasteiger partial charge is 0.477 e. The van der Waals surface area contributed by atoms with Crippen LogP contribution >= 0.6 is 23.6 Å². The van der Waals surface area contributed by atoms with Crippen molar-refractivity contribution in [3.63, 3.8) is 0 Å². The van der Waals surface area contributed by atoms with Crippen molar-refractivity contribution in [1.82, 2.24) is 4.57 Å². The number of nitrogens with one attached hydrogen (secondary N) is 1. The summed E-state index contributed by atoms with van der Waals surface area (Å²) in [6.45, 7) is 5.22. The molecule has 0 saturated heterocycles. The molecule has 0 aliphatic heterocycles. The number of rotatable bonds is 4. The van der Waals surface area contributed by atoms with Gasteiger partial charge in [0.25, 0.3) is 0 Å². The number of carboxylic acid groups (broad SMARTS) is 1. The molecule has 0 atom stereocenters. The molecule has 2 N–H and O–H groups in total. The first kappa shape index (κ1) is 12.6. The molecule has 1 rings (SSSR count). The number of carboxylic acids is 1. The summed E-state index contributed by atoms with van der Waals surface area (Å²) in [5, 5.41) is 11.4. The zero-order valence-corrected chi connectivity index (χ0v) is 10.2. The van der Waals surface area contributed by atoms with Crippen molar-refractivity contribution in [3.8, 4) is 0 Å². The molecule has 1 aromatic rings. The molecule has 5 nitrogen and oxygen atoms in total. The van der Waals surface area contributed by atoms with Gasteiger partial charge in [-0.15, -0.1) is 6.58 Å². The van der Waals surface area contributed by atoms with Gasteiger partial charge in [0.15, 0.2) is 8.83 Å². The van der Waals surface area contributed by atoms with Crippen molar-refractivity contribution in [1.29, 1.82) is 0 Å². The Labute approximate surface area is 101 Å². The fourth-order valence-electron chi connectivity index (χ4n) is 1.14. The van der Waals surface area contributed by atoms with Crippen molar-refractivity contribution >= 4 is 41.2 Å². The highest BCUT2D eigenvalue weighted by Gasteiger charge is 2.18. The van der Waals surface area contributed by atoms with Crippen molar-refractivity contribution in [2.75, 3.05) is 5.32 Å². The van der Waals surface area contributed by atoms with E-state index in [0.29, 0.717) is 10.5 Å². The highest BCUT2D eigenvalue weighted by atomic mass is 32.1. The van der Waals surface area contributed by atoms with Gasteiger partial charge in [0.1, 0.15) is 5.82 Å². The summed E-state index contributed by atoms with van der Waals surface area (Å²) >= 11 is 5.96. The number of thiazole rings is 1. The van der Waals surface area contributed by atoms with Crippen LogP contribution in [0.2, 0.25) is 0 Å². The average Bonchev–Trinajstić information content (AvgIpc) is 2.46. The molecule has 1 amide bonds. The first-order valence-electron chi connectivity index (χ1n) is 4.32. The Morgan fingerprint density at radius 2 is 2.31 bits per heavy atom. The monoisotopic (exact) mass is 258 g/mol. The fraction of sp³-hybridized carbons (Fsp3) is 0.222. The molecule has 86 valence electrons. The maximum atomic E-state index is 11.0. The van der Waals surface area contributed by atoms with Crippen LogP contribution in [-0.4, -0.2) is 21.6 Å². The van der Waals surface area contributed by atoms with E-state index in [4.69, 9.17) is 17.3 Å². The Morgan fingerprint density at radius 3 is 2.75 bits per heavy atom. The van der Waals surface area contributed by atoms with Gasteiger partial charge in [-0.3, -0.25) is 4.79 Å². The van der Waals surface area contributed by atoms with Crippen LogP contribution in [-0.2, 0) is 11.3 Å². The second kappa shape index (κ2) is 5.04. The molecule has 0 unspecified atom stereocenters. The van der Waals surface area contributed by atoms with E-state index in [1.54, 1.807) is 6.08 Å². The Morgan fingerprint density at radius 1 is 1.69 bits per heavy atom. The van der Waals surface area contributed by atoms with Crippen LogP contribution in [0, 0.1) is 3.95 Å². The van der Waals surface area contributed by atoms with Gasteiger partial charge in [-0.1, -0.05) is 17.4 Å². The molecule has 1 heterocycles. The van der Waals surface area contributed by atoms with Gasteiger partial charge in [-0.2, -0.15) is 0 Å². The van der Waals surface area contributed by atoms with Gasteiger partial charge in [0, 0.05) is 13.5 Å². The number of nitrogens with zero attached hydrogens (tertiary/aromatic N) is 1. The van der Waals surface area contributed by atoms with Crippen LogP contribution in [0.5, 0.6) is 0 Å². The van der Waals surface area contributed by atoms with E-state index in [0.717, 1.165) is 11.3 Å². The molecule has 0 aliphatic carbocycles. The Bertz CT molecular complexity index is 501. The average molecular weight is 258 g/mol. The quantitative estimate of drug-likeness (QED) is 0.641. The van der Waals surface area contributed by atoms with E-state index in [-0.39, 0.29) is 16.6 Å². The molecular formula is C9H10N2O3S2. The predicted molar refractivity (Wildman–Crippen MR) is 64.6 cm³/mol. The SMILES string of the molecule is C=CCn1c(NC(C)=O)c(C(=O)O)sc1=S. The number of carbonyl (C=O) groups excluding carboxylic acids is 1. The number of allylic oxidation sites excluding steroid dienone is 1. The Hall–Kier alpha value is -1.47. The maximum Gasteiger partial charge on any atom is 0.349 e. The second-order valence-electron chi connectivity index (χ2n) is 2.93. The van der Waals surface area contributed by atoms with Crippen molar-refractivity contribution in [2.45, 2.75) is 13.5 Å². The number of hydrogen-bond donors (Lipinski definition) is 2. The van der Waals surface area contributed by atoms with E-state index in [1.165, 1.54) is 11.5 Å². The molecule has 0 bridgehead atoms. The minimum atomic E-state index is -1.11. The van der Waals surface area contributed by atoms with E-state index >= 15 is 0 Å². The third kappa shape index (κ3) is 2.56. The first-order valence-corrected chi connectivity index (χ1v) is 5.55.